The standard InChI is InChI=1S/C21H20ClN3O5S2/c1-2-30-21(27)18-15-7-8-32(28,29)12-17(15)31-20(18)24-19(26)14-9-23-25(11-14)10-13-5-3-4-6-16(13)22/h3-6,9,11H,2,7-8,10,12H2,1H3,(H,24,26). The van der Waals surface area contributed by atoms with Gasteiger partial charge in [-0.25, -0.2) is 13.2 Å². The zero-order chi connectivity index (χ0) is 22.9. The lowest BCUT2D eigenvalue weighted by Gasteiger charge is -2.13. The smallest absolute Gasteiger partial charge is 0.341 e. The van der Waals surface area contributed by atoms with E-state index in [0.717, 1.165) is 16.9 Å². The monoisotopic (exact) mass is 493 g/mol. The van der Waals surface area contributed by atoms with Crippen molar-refractivity contribution in [3.63, 3.8) is 0 Å². The van der Waals surface area contributed by atoms with E-state index in [4.69, 9.17) is 16.3 Å². The summed E-state index contributed by atoms with van der Waals surface area (Å²) in [6, 6.07) is 7.36. The molecule has 0 fully saturated rings. The minimum absolute atomic E-state index is 0.0364. The lowest BCUT2D eigenvalue weighted by Crippen LogP contribution is -2.20. The van der Waals surface area contributed by atoms with E-state index in [1.807, 2.05) is 18.2 Å². The average Bonchev–Trinajstić information content (AvgIpc) is 3.33. The van der Waals surface area contributed by atoms with E-state index in [0.29, 0.717) is 27.6 Å². The predicted octanol–water partition coefficient (Wildman–Crippen LogP) is 3.55. The van der Waals surface area contributed by atoms with Gasteiger partial charge in [-0.05, 0) is 30.5 Å². The largest absolute Gasteiger partial charge is 0.462 e. The quantitative estimate of drug-likeness (QED) is 0.526. The fourth-order valence-corrected chi connectivity index (χ4v) is 6.70. The van der Waals surface area contributed by atoms with Gasteiger partial charge >= 0.3 is 5.97 Å². The number of nitrogens with zero attached hydrogens (tertiary/aromatic N) is 2. The molecule has 1 amide bonds. The second kappa shape index (κ2) is 9.05. The molecule has 8 nitrogen and oxygen atoms in total. The van der Waals surface area contributed by atoms with Crippen LogP contribution in [0.4, 0.5) is 5.00 Å². The minimum atomic E-state index is -3.23. The van der Waals surface area contributed by atoms with Crippen LogP contribution in [0.25, 0.3) is 0 Å². The van der Waals surface area contributed by atoms with Crippen LogP contribution in [0.3, 0.4) is 0 Å². The molecule has 11 heteroatoms. The Balaban J connectivity index is 1.58. The van der Waals surface area contributed by atoms with Gasteiger partial charge in [0.1, 0.15) is 5.00 Å². The van der Waals surface area contributed by atoms with E-state index in [9.17, 15) is 18.0 Å². The number of ether oxygens (including phenoxy) is 1. The summed E-state index contributed by atoms with van der Waals surface area (Å²) in [5.74, 6) is -1.22. The van der Waals surface area contributed by atoms with Crippen LogP contribution >= 0.6 is 22.9 Å². The maximum atomic E-state index is 12.9. The maximum Gasteiger partial charge on any atom is 0.341 e. The molecule has 1 N–H and O–H groups in total. The summed E-state index contributed by atoms with van der Waals surface area (Å²) in [6.07, 6.45) is 3.23. The van der Waals surface area contributed by atoms with E-state index in [-0.39, 0.29) is 35.1 Å². The highest BCUT2D eigenvalue weighted by molar-refractivity contribution is 7.90. The van der Waals surface area contributed by atoms with Gasteiger partial charge < -0.3 is 10.1 Å². The first-order chi connectivity index (χ1) is 15.3. The van der Waals surface area contributed by atoms with E-state index in [2.05, 4.69) is 10.4 Å². The van der Waals surface area contributed by atoms with E-state index < -0.39 is 21.7 Å². The number of esters is 1. The summed E-state index contributed by atoms with van der Waals surface area (Å²) in [7, 11) is -3.23. The number of fused-ring (bicyclic) bond motifs is 1. The number of amides is 1. The fraction of sp³-hybridized carbons (Fsp3) is 0.286. The highest BCUT2D eigenvalue weighted by atomic mass is 35.5. The van der Waals surface area contributed by atoms with Gasteiger partial charge in [-0.15, -0.1) is 11.3 Å². The summed E-state index contributed by atoms with van der Waals surface area (Å²) >= 11 is 7.28. The van der Waals surface area contributed by atoms with Crippen LogP contribution in [0.1, 0.15) is 43.6 Å². The molecule has 0 saturated carbocycles. The molecule has 0 radical (unpaired) electrons. The summed E-state index contributed by atoms with van der Waals surface area (Å²) in [6.45, 7) is 2.25. The second-order valence-electron chi connectivity index (χ2n) is 7.24. The Morgan fingerprint density at radius 2 is 2.09 bits per heavy atom. The maximum absolute atomic E-state index is 12.9. The number of hydrogen-bond acceptors (Lipinski definition) is 7. The molecule has 2 aromatic heterocycles. The van der Waals surface area contributed by atoms with Crippen molar-refractivity contribution >= 4 is 49.7 Å². The lowest BCUT2D eigenvalue weighted by molar-refractivity contribution is 0.0527. The molecule has 168 valence electrons. The summed E-state index contributed by atoms with van der Waals surface area (Å²) < 4.78 is 30.8. The van der Waals surface area contributed by atoms with Gasteiger partial charge in [0.05, 0.1) is 42.0 Å². The van der Waals surface area contributed by atoms with Gasteiger partial charge in [0.25, 0.3) is 5.91 Å². The molecule has 0 aliphatic carbocycles. The highest BCUT2D eigenvalue weighted by Crippen LogP contribution is 2.38. The van der Waals surface area contributed by atoms with Crippen LogP contribution in [0.5, 0.6) is 0 Å². The highest BCUT2D eigenvalue weighted by Gasteiger charge is 2.32. The molecule has 0 saturated heterocycles. The van der Waals surface area contributed by atoms with Gasteiger partial charge in [-0.3, -0.25) is 9.48 Å². The molecule has 1 aromatic carbocycles. The van der Waals surface area contributed by atoms with Crippen molar-refractivity contribution in [3.8, 4) is 0 Å². The van der Waals surface area contributed by atoms with Crippen molar-refractivity contribution in [2.45, 2.75) is 25.6 Å². The third kappa shape index (κ3) is 4.72. The van der Waals surface area contributed by atoms with Crippen molar-refractivity contribution in [2.75, 3.05) is 17.7 Å². The normalized spacial score (nSPS) is 14.6. The van der Waals surface area contributed by atoms with Crippen molar-refractivity contribution in [1.29, 1.82) is 0 Å². The molecule has 0 bridgehead atoms. The Morgan fingerprint density at radius 3 is 2.84 bits per heavy atom. The number of sulfone groups is 1. The second-order valence-corrected chi connectivity index (χ2v) is 10.9. The number of thiophene rings is 1. The molecule has 0 unspecified atom stereocenters. The molecule has 3 aromatic rings. The number of halogens is 1. The molecular formula is C21H20ClN3O5S2. The Morgan fingerprint density at radius 1 is 1.31 bits per heavy atom. The molecule has 32 heavy (non-hydrogen) atoms. The van der Waals surface area contributed by atoms with Gasteiger partial charge in [0.15, 0.2) is 9.84 Å². The zero-order valence-electron chi connectivity index (χ0n) is 17.1. The summed E-state index contributed by atoms with van der Waals surface area (Å²) in [5, 5.41) is 7.85. The van der Waals surface area contributed by atoms with Crippen LogP contribution in [0, 0.1) is 0 Å². The van der Waals surface area contributed by atoms with Crippen molar-refractivity contribution < 1.29 is 22.7 Å². The molecule has 4 rings (SSSR count). The van der Waals surface area contributed by atoms with Gasteiger partial charge in [0, 0.05) is 16.1 Å². The Hall–Kier alpha value is -2.69. The first kappa shape index (κ1) is 22.5. The number of hydrogen-bond donors (Lipinski definition) is 1. The Bertz CT molecular complexity index is 1300. The van der Waals surface area contributed by atoms with Crippen molar-refractivity contribution in [2.24, 2.45) is 0 Å². The third-order valence-electron chi connectivity index (χ3n) is 5.00. The number of carbonyl (C=O) groups is 2. The zero-order valence-corrected chi connectivity index (χ0v) is 19.5. The molecule has 0 spiro atoms. The molecule has 1 aliphatic rings. The number of benzene rings is 1. The lowest BCUT2D eigenvalue weighted by atomic mass is 10.1. The summed E-state index contributed by atoms with van der Waals surface area (Å²) in [4.78, 5) is 26.0. The number of nitrogens with one attached hydrogen (secondary N) is 1. The number of rotatable bonds is 6. The van der Waals surface area contributed by atoms with Crippen molar-refractivity contribution in [3.05, 3.63) is 68.8 Å². The van der Waals surface area contributed by atoms with Gasteiger partial charge in [0.2, 0.25) is 0 Å². The molecule has 0 atom stereocenters. The first-order valence-corrected chi connectivity index (χ1v) is 12.9. The minimum Gasteiger partial charge on any atom is -0.462 e. The molecule has 1 aliphatic heterocycles. The average molecular weight is 494 g/mol. The van der Waals surface area contributed by atoms with Crippen molar-refractivity contribution in [1.82, 2.24) is 9.78 Å². The van der Waals surface area contributed by atoms with Crippen LogP contribution in [0.2, 0.25) is 5.02 Å². The molecule has 3 heterocycles. The van der Waals surface area contributed by atoms with Crippen LogP contribution in [-0.4, -0.2) is 42.4 Å². The topological polar surface area (TPSA) is 107 Å². The summed E-state index contributed by atoms with van der Waals surface area (Å²) in [5.41, 5.74) is 2.03. The van der Waals surface area contributed by atoms with Gasteiger partial charge in [-0.2, -0.15) is 5.10 Å². The third-order valence-corrected chi connectivity index (χ3v) is 8.25. The van der Waals surface area contributed by atoms with Crippen LogP contribution in [-0.2, 0) is 33.3 Å². The molecular weight excluding hydrogens is 474 g/mol. The SMILES string of the molecule is CCOC(=O)c1c(NC(=O)c2cnn(Cc3ccccc3Cl)c2)sc2c1CCS(=O)(=O)C2. The first-order valence-electron chi connectivity index (χ1n) is 9.86. The predicted molar refractivity (Wildman–Crippen MR) is 122 cm³/mol. The van der Waals surface area contributed by atoms with E-state index in [1.54, 1.807) is 23.9 Å². The number of anilines is 1. The number of aromatic nitrogens is 2. The fourth-order valence-electron chi connectivity index (χ4n) is 3.47. The van der Waals surface area contributed by atoms with Crippen LogP contribution in [0.15, 0.2) is 36.7 Å². The Kier molecular flexibility index (Phi) is 6.36. The van der Waals surface area contributed by atoms with Gasteiger partial charge in [-0.1, -0.05) is 29.8 Å². The number of carbonyl (C=O) groups excluding carboxylic acids is 2. The Labute approximate surface area is 194 Å². The van der Waals surface area contributed by atoms with Crippen LogP contribution < -0.4 is 5.32 Å². The van der Waals surface area contributed by atoms with E-state index >= 15 is 0 Å². The van der Waals surface area contributed by atoms with E-state index in [1.165, 1.54) is 6.20 Å².